The molecular formula is C16H17N7OS. The Bertz CT molecular complexity index is 941. The van der Waals surface area contributed by atoms with Crippen molar-refractivity contribution in [3.8, 4) is 0 Å². The molecule has 0 bridgehead atoms. The lowest BCUT2D eigenvalue weighted by Gasteiger charge is -2.39. The van der Waals surface area contributed by atoms with Gasteiger partial charge < -0.3 is 15.5 Å². The number of hydrogen-bond donors (Lipinski definition) is 2. The Morgan fingerprint density at radius 2 is 2.28 bits per heavy atom. The third-order valence-corrected chi connectivity index (χ3v) is 4.88. The zero-order valence-electron chi connectivity index (χ0n) is 13.6. The monoisotopic (exact) mass is 355 g/mol. The van der Waals surface area contributed by atoms with Crippen molar-refractivity contribution in [1.82, 2.24) is 24.6 Å². The molecule has 0 aliphatic carbocycles. The zero-order chi connectivity index (χ0) is 17.4. The van der Waals surface area contributed by atoms with Crippen LogP contribution in [0.3, 0.4) is 0 Å². The van der Waals surface area contributed by atoms with E-state index in [0.717, 1.165) is 21.7 Å². The summed E-state index contributed by atoms with van der Waals surface area (Å²) < 4.78 is 2.72. The number of anilines is 3. The number of hydrogen-bond acceptors (Lipinski definition) is 7. The van der Waals surface area contributed by atoms with Gasteiger partial charge in [-0.15, -0.1) is 11.3 Å². The highest BCUT2D eigenvalue weighted by atomic mass is 32.1. The van der Waals surface area contributed by atoms with Gasteiger partial charge in [-0.3, -0.25) is 9.48 Å². The molecule has 0 saturated carbocycles. The summed E-state index contributed by atoms with van der Waals surface area (Å²) in [5.74, 6) is 1.25. The van der Waals surface area contributed by atoms with E-state index in [0.29, 0.717) is 19.0 Å². The second-order valence-corrected chi connectivity index (χ2v) is 6.76. The first-order valence-electron chi connectivity index (χ1n) is 7.81. The summed E-state index contributed by atoms with van der Waals surface area (Å²) >= 11 is 1.59. The fourth-order valence-corrected chi connectivity index (χ4v) is 3.49. The van der Waals surface area contributed by atoms with Crippen LogP contribution in [-0.4, -0.2) is 49.7 Å². The number of carbonyl (C=O) groups is 1. The van der Waals surface area contributed by atoms with E-state index in [1.54, 1.807) is 27.1 Å². The van der Waals surface area contributed by atoms with Crippen LogP contribution in [0.5, 0.6) is 0 Å². The van der Waals surface area contributed by atoms with Gasteiger partial charge in [-0.05, 0) is 17.5 Å². The van der Waals surface area contributed by atoms with Crippen LogP contribution in [0, 0.1) is 0 Å². The maximum absolute atomic E-state index is 11.6. The molecule has 8 nitrogen and oxygen atoms in total. The van der Waals surface area contributed by atoms with Crippen molar-refractivity contribution < 1.29 is 4.79 Å². The molecule has 2 N–H and O–H groups in total. The van der Waals surface area contributed by atoms with Crippen molar-refractivity contribution in [2.45, 2.75) is 6.04 Å². The lowest BCUT2D eigenvalue weighted by Crippen LogP contribution is -2.56. The summed E-state index contributed by atoms with van der Waals surface area (Å²) in [4.78, 5) is 22.5. The van der Waals surface area contributed by atoms with Gasteiger partial charge in [0.1, 0.15) is 5.82 Å². The molecular weight excluding hydrogens is 338 g/mol. The number of amides is 1. The normalized spacial score (nSPS) is 14.4. The fraction of sp³-hybridized carbons (Fsp3) is 0.250. The SMILES string of the molecule is C=CC(=O)N1CC(Nc2nc(Nc3cnn(C)c3)nc3ccsc23)C1. The molecule has 0 radical (unpaired) electrons. The van der Waals surface area contributed by atoms with Gasteiger partial charge in [-0.2, -0.15) is 10.1 Å². The summed E-state index contributed by atoms with van der Waals surface area (Å²) in [5, 5.41) is 12.7. The highest BCUT2D eigenvalue weighted by Gasteiger charge is 2.30. The highest BCUT2D eigenvalue weighted by molar-refractivity contribution is 7.17. The average Bonchev–Trinajstić information content (AvgIpc) is 3.18. The maximum atomic E-state index is 11.6. The van der Waals surface area contributed by atoms with Crippen molar-refractivity contribution in [2.24, 2.45) is 7.05 Å². The van der Waals surface area contributed by atoms with Crippen LogP contribution < -0.4 is 10.6 Å². The Morgan fingerprint density at radius 1 is 1.44 bits per heavy atom. The summed E-state index contributed by atoms with van der Waals surface area (Å²) in [6.45, 7) is 4.81. The molecule has 1 aliphatic heterocycles. The number of aryl methyl sites for hydroxylation is 1. The van der Waals surface area contributed by atoms with Crippen LogP contribution in [-0.2, 0) is 11.8 Å². The molecule has 1 aliphatic rings. The molecule has 4 heterocycles. The Labute approximate surface area is 148 Å². The zero-order valence-corrected chi connectivity index (χ0v) is 14.5. The van der Waals surface area contributed by atoms with Gasteiger partial charge in [0.15, 0.2) is 0 Å². The predicted octanol–water partition coefficient (Wildman–Crippen LogP) is 1.98. The number of likely N-dealkylation sites (tertiary alicyclic amines) is 1. The first-order valence-corrected chi connectivity index (χ1v) is 8.69. The highest BCUT2D eigenvalue weighted by Crippen LogP contribution is 2.29. The van der Waals surface area contributed by atoms with Crippen LogP contribution in [0.15, 0.2) is 36.5 Å². The Morgan fingerprint density at radius 3 is 3.00 bits per heavy atom. The van der Waals surface area contributed by atoms with Crippen molar-refractivity contribution in [1.29, 1.82) is 0 Å². The molecule has 25 heavy (non-hydrogen) atoms. The van der Waals surface area contributed by atoms with Crippen molar-refractivity contribution in [3.05, 3.63) is 36.5 Å². The van der Waals surface area contributed by atoms with Gasteiger partial charge in [-0.25, -0.2) is 4.98 Å². The van der Waals surface area contributed by atoms with Crippen molar-refractivity contribution in [2.75, 3.05) is 23.7 Å². The summed E-state index contributed by atoms with van der Waals surface area (Å²) in [7, 11) is 1.86. The van der Waals surface area contributed by atoms with Crippen molar-refractivity contribution in [3.63, 3.8) is 0 Å². The quantitative estimate of drug-likeness (QED) is 0.681. The maximum Gasteiger partial charge on any atom is 0.246 e. The van der Waals surface area contributed by atoms with E-state index < -0.39 is 0 Å². The molecule has 0 aromatic carbocycles. The molecule has 9 heteroatoms. The van der Waals surface area contributed by atoms with E-state index >= 15 is 0 Å². The first kappa shape index (κ1) is 15.6. The minimum absolute atomic E-state index is 0.0408. The summed E-state index contributed by atoms with van der Waals surface area (Å²) in [6.07, 6.45) is 4.92. The van der Waals surface area contributed by atoms with Gasteiger partial charge in [0.2, 0.25) is 11.9 Å². The smallest absolute Gasteiger partial charge is 0.246 e. The lowest BCUT2D eigenvalue weighted by molar-refractivity contribution is -0.129. The van der Waals surface area contributed by atoms with Gasteiger partial charge in [-0.1, -0.05) is 6.58 Å². The van der Waals surface area contributed by atoms with Crippen LogP contribution in [0.25, 0.3) is 10.2 Å². The minimum Gasteiger partial charge on any atom is -0.362 e. The molecule has 0 spiro atoms. The number of thiophene rings is 1. The standard InChI is InChI=1S/C16H17N7OS/c1-3-13(24)23-8-11(9-23)18-15-14-12(4-5-25-14)20-16(21-15)19-10-6-17-22(2)7-10/h3-7,11H,1,8-9H2,2H3,(H2,18,19,20,21). The van der Waals surface area contributed by atoms with Gasteiger partial charge >= 0.3 is 0 Å². The second-order valence-electron chi connectivity index (χ2n) is 5.85. The molecule has 4 rings (SSSR count). The second kappa shape index (κ2) is 6.17. The van der Waals surface area contributed by atoms with Crippen LogP contribution in [0.2, 0.25) is 0 Å². The summed E-state index contributed by atoms with van der Waals surface area (Å²) in [5.41, 5.74) is 1.71. The molecule has 0 unspecified atom stereocenters. The van der Waals surface area contributed by atoms with E-state index in [4.69, 9.17) is 0 Å². The van der Waals surface area contributed by atoms with E-state index in [1.165, 1.54) is 6.08 Å². The first-order chi connectivity index (χ1) is 12.1. The Kier molecular flexibility index (Phi) is 3.85. The number of aromatic nitrogens is 4. The molecule has 128 valence electrons. The molecule has 3 aromatic heterocycles. The molecule has 1 saturated heterocycles. The van der Waals surface area contributed by atoms with Crippen LogP contribution in [0.1, 0.15) is 0 Å². The van der Waals surface area contributed by atoms with Gasteiger partial charge in [0.05, 0.1) is 28.1 Å². The largest absolute Gasteiger partial charge is 0.362 e. The van der Waals surface area contributed by atoms with E-state index in [1.807, 2.05) is 24.7 Å². The summed E-state index contributed by atoms with van der Waals surface area (Å²) in [6, 6.07) is 2.14. The third kappa shape index (κ3) is 3.05. The number of fused-ring (bicyclic) bond motifs is 1. The van der Waals surface area contributed by atoms with Crippen molar-refractivity contribution >= 4 is 44.9 Å². The average molecular weight is 355 g/mol. The minimum atomic E-state index is -0.0408. The molecule has 0 atom stereocenters. The van der Waals surface area contributed by atoms with E-state index in [9.17, 15) is 4.79 Å². The topological polar surface area (TPSA) is 88.0 Å². The number of rotatable bonds is 5. The lowest BCUT2D eigenvalue weighted by atomic mass is 10.1. The fourth-order valence-electron chi connectivity index (χ4n) is 2.70. The molecule has 3 aromatic rings. The number of nitrogens with one attached hydrogen (secondary N) is 2. The molecule has 1 fully saturated rings. The van der Waals surface area contributed by atoms with Crippen LogP contribution >= 0.6 is 11.3 Å². The number of carbonyl (C=O) groups excluding carboxylic acids is 1. The van der Waals surface area contributed by atoms with Gasteiger partial charge in [0, 0.05) is 26.3 Å². The Balaban J connectivity index is 1.54. The molecule has 1 amide bonds. The van der Waals surface area contributed by atoms with Gasteiger partial charge in [0.25, 0.3) is 0 Å². The van der Waals surface area contributed by atoms with Crippen LogP contribution in [0.4, 0.5) is 17.5 Å². The number of nitrogens with zero attached hydrogens (tertiary/aromatic N) is 5. The van der Waals surface area contributed by atoms with E-state index in [-0.39, 0.29) is 11.9 Å². The Hall–Kier alpha value is -2.94. The van der Waals surface area contributed by atoms with E-state index in [2.05, 4.69) is 32.3 Å². The predicted molar refractivity (Wildman–Crippen MR) is 98.1 cm³/mol. The third-order valence-electron chi connectivity index (χ3n) is 3.97.